The Labute approximate surface area is 119 Å². The van der Waals surface area contributed by atoms with E-state index in [4.69, 9.17) is 16.3 Å². The van der Waals surface area contributed by atoms with Crippen LogP contribution in [0.25, 0.3) is 0 Å². The smallest absolute Gasteiger partial charge is 0.293 e. The van der Waals surface area contributed by atoms with Crippen LogP contribution in [-0.4, -0.2) is 42.2 Å². The van der Waals surface area contributed by atoms with E-state index in [-0.39, 0.29) is 10.9 Å². The van der Waals surface area contributed by atoms with E-state index in [2.05, 4.69) is 18.8 Å². The molecular formula is C13H22ClN3O2. The summed E-state index contributed by atoms with van der Waals surface area (Å²) in [5.74, 6) is 0.831. The van der Waals surface area contributed by atoms with E-state index < -0.39 is 0 Å². The van der Waals surface area contributed by atoms with Crippen molar-refractivity contribution in [3.8, 4) is 0 Å². The first-order valence-corrected chi connectivity index (χ1v) is 6.79. The highest BCUT2D eigenvalue weighted by atomic mass is 35.5. The molecule has 0 radical (unpaired) electrons. The lowest BCUT2D eigenvalue weighted by Gasteiger charge is -2.21. The third-order valence-electron chi connectivity index (χ3n) is 2.64. The second kappa shape index (κ2) is 7.50. The van der Waals surface area contributed by atoms with Gasteiger partial charge in [0, 0.05) is 39.6 Å². The number of halogens is 1. The number of rotatable bonds is 7. The van der Waals surface area contributed by atoms with Crippen LogP contribution in [0.1, 0.15) is 13.8 Å². The molecule has 19 heavy (non-hydrogen) atoms. The molecular weight excluding hydrogens is 266 g/mol. The average Bonchev–Trinajstić information content (AvgIpc) is 2.31. The van der Waals surface area contributed by atoms with Crippen molar-refractivity contribution < 1.29 is 4.74 Å². The van der Waals surface area contributed by atoms with E-state index in [1.165, 1.54) is 0 Å². The number of anilines is 1. The van der Waals surface area contributed by atoms with Crippen LogP contribution >= 0.6 is 11.6 Å². The summed E-state index contributed by atoms with van der Waals surface area (Å²) in [6.07, 6.45) is 3.36. The van der Waals surface area contributed by atoms with Gasteiger partial charge >= 0.3 is 0 Å². The number of aromatic nitrogens is 2. The van der Waals surface area contributed by atoms with Crippen molar-refractivity contribution in [1.82, 2.24) is 9.55 Å². The van der Waals surface area contributed by atoms with Gasteiger partial charge in [-0.1, -0.05) is 13.8 Å². The maximum absolute atomic E-state index is 12.3. The third kappa shape index (κ3) is 4.84. The van der Waals surface area contributed by atoms with Crippen LogP contribution in [0.2, 0.25) is 0 Å². The Balaban J connectivity index is 2.85. The Morgan fingerprint density at radius 3 is 2.79 bits per heavy atom. The second-order valence-corrected chi connectivity index (χ2v) is 5.65. The molecule has 1 atom stereocenters. The highest BCUT2D eigenvalue weighted by molar-refractivity contribution is 6.21. The monoisotopic (exact) mass is 287 g/mol. The normalized spacial score (nSPS) is 12.7. The fourth-order valence-electron chi connectivity index (χ4n) is 1.85. The first kappa shape index (κ1) is 16.0. The van der Waals surface area contributed by atoms with Crippen LogP contribution in [0, 0.1) is 5.92 Å². The summed E-state index contributed by atoms with van der Waals surface area (Å²) in [6, 6.07) is 0. The molecule has 1 aromatic rings. The van der Waals surface area contributed by atoms with Crippen LogP contribution in [0.15, 0.2) is 17.2 Å². The van der Waals surface area contributed by atoms with E-state index in [1.807, 2.05) is 7.05 Å². The first-order chi connectivity index (χ1) is 8.95. The van der Waals surface area contributed by atoms with Crippen molar-refractivity contribution in [2.45, 2.75) is 25.8 Å². The lowest BCUT2D eigenvalue weighted by atomic mass is 10.2. The zero-order chi connectivity index (χ0) is 14.4. The summed E-state index contributed by atoms with van der Waals surface area (Å²) in [5, 5.41) is -0.171. The summed E-state index contributed by atoms with van der Waals surface area (Å²) in [7, 11) is 3.42. The summed E-state index contributed by atoms with van der Waals surface area (Å²) in [4.78, 5) is 18.2. The Hall–Kier alpha value is -1.07. The Morgan fingerprint density at radius 2 is 2.21 bits per heavy atom. The molecule has 1 aromatic heterocycles. The van der Waals surface area contributed by atoms with E-state index in [1.54, 1.807) is 29.0 Å². The topological polar surface area (TPSA) is 47.4 Å². The van der Waals surface area contributed by atoms with E-state index >= 15 is 0 Å². The van der Waals surface area contributed by atoms with Crippen LogP contribution < -0.4 is 10.5 Å². The number of ether oxygens (including phenoxy) is 1. The fraction of sp³-hybridized carbons (Fsp3) is 0.692. The minimum Gasteiger partial charge on any atom is -0.383 e. The van der Waals surface area contributed by atoms with Gasteiger partial charge in [0.2, 0.25) is 0 Å². The maximum atomic E-state index is 12.3. The average molecular weight is 288 g/mol. The van der Waals surface area contributed by atoms with Gasteiger partial charge in [0.15, 0.2) is 5.82 Å². The molecule has 108 valence electrons. The quantitative estimate of drug-likeness (QED) is 0.715. The minimum absolute atomic E-state index is 0.0833. The van der Waals surface area contributed by atoms with E-state index in [0.717, 1.165) is 0 Å². The molecule has 0 aliphatic carbocycles. The molecule has 1 heterocycles. The van der Waals surface area contributed by atoms with Gasteiger partial charge in [-0.15, -0.1) is 11.6 Å². The summed E-state index contributed by atoms with van der Waals surface area (Å²) < 4.78 is 6.67. The van der Waals surface area contributed by atoms with Crippen molar-refractivity contribution in [3.05, 3.63) is 22.7 Å². The predicted molar refractivity (Wildman–Crippen MR) is 78.1 cm³/mol. The van der Waals surface area contributed by atoms with Crippen LogP contribution in [0.3, 0.4) is 0 Å². The molecule has 0 saturated carbocycles. The molecule has 5 nitrogen and oxygen atoms in total. The molecule has 0 fully saturated rings. The molecule has 0 aromatic carbocycles. The zero-order valence-corrected chi connectivity index (χ0v) is 12.7. The summed E-state index contributed by atoms with van der Waals surface area (Å²) in [5.41, 5.74) is -0.0833. The van der Waals surface area contributed by atoms with Gasteiger partial charge < -0.3 is 14.2 Å². The van der Waals surface area contributed by atoms with Crippen molar-refractivity contribution in [3.63, 3.8) is 0 Å². The molecule has 0 aliphatic rings. The van der Waals surface area contributed by atoms with E-state index in [0.29, 0.717) is 31.4 Å². The molecule has 0 N–H and O–H groups in total. The summed E-state index contributed by atoms with van der Waals surface area (Å²) in [6.45, 7) is 5.79. The molecule has 1 rings (SSSR count). The van der Waals surface area contributed by atoms with Gasteiger partial charge in [-0.05, 0) is 5.92 Å². The number of nitrogens with zero attached hydrogens (tertiary/aromatic N) is 3. The van der Waals surface area contributed by atoms with Gasteiger partial charge in [0.1, 0.15) is 0 Å². The maximum Gasteiger partial charge on any atom is 0.293 e. The van der Waals surface area contributed by atoms with Gasteiger partial charge in [0.05, 0.1) is 12.0 Å². The van der Waals surface area contributed by atoms with Crippen molar-refractivity contribution in [2.75, 3.05) is 32.2 Å². The second-order valence-electron chi connectivity index (χ2n) is 5.04. The Bertz CT molecular complexity index is 448. The molecule has 0 saturated heterocycles. The first-order valence-electron chi connectivity index (χ1n) is 6.35. The van der Waals surface area contributed by atoms with Crippen LogP contribution in [0.4, 0.5) is 5.82 Å². The fourth-order valence-corrected chi connectivity index (χ4v) is 2.18. The zero-order valence-electron chi connectivity index (χ0n) is 12.0. The van der Waals surface area contributed by atoms with Gasteiger partial charge in [-0.25, -0.2) is 4.98 Å². The van der Waals surface area contributed by atoms with Gasteiger partial charge in [-0.3, -0.25) is 4.79 Å². The highest BCUT2D eigenvalue weighted by Crippen LogP contribution is 2.06. The van der Waals surface area contributed by atoms with Crippen molar-refractivity contribution in [1.29, 1.82) is 0 Å². The van der Waals surface area contributed by atoms with Crippen LogP contribution in [-0.2, 0) is 11.3 Å². The van der Waals surface area contributed by atoms with Crippen molar-refractivity contribution >= 4 is 17.4 Å². The Morgan fingerprint density at radius 1 is 1.53 bits per heavy atom. The Kier molecular flexibility index (Phi) is 6.31. The summed E-state index contributed by atoms with van der Waals surface area (Å²) >= 11 is 6.10. The minimum atomic E-state index is -0.171. The molecule has 0 aliphatic heterocycles. The lowest BCUT2D eigenvalue weighted by Crippen LogP contribution is -2.35. The number of hydrogen-bond acceptors (Lipinski definition) is 4. The SMILES string of the molecule is COCC(Cl)CN(C)c1nccn(CC(C)C)c1=O. The standard InChI is InChI=1S/C13H22ClN3O2/c1-10(2)7-17-6-5-15-12(13(17)18)16(3)8-11(14)9-19-4/h5-6,10-11H,7-9H2,1-4H3. The lowest BCUT2D eigenvalue weighted by molar-refractivity contribution is 0.199. The number of hydrogen-bond donors (Lipinski definition) is 0. The molecule has 0 bridgehead atoms. The molecule has 0 amide bonds. The molecule has 0 spiro atoms. The van der Waals surface area contributed by atoms with E-state index in [9.17, 15) is 4.79 Å². The highest BCUT2D eigenvalue weighted by Gasteiger charge is 2.14. The predicted octanol–water partition coefficient (Wildman–Crippen LogP) is 1.59. The molecule has 6 heteroatoms. The number of methoxy groups -OCH3 is 1. The third-order valence-corrected chi connectivity index (χ3v) is 2.90. The van der Waals surface area contributed by atoms with Gasteiger partial charge in [-0.2, -0.15) is 0 Å². The number of alkyl halides is 1. The van der Waals surface area contributed by atoms with Crippen molar-refractivity contribution in [2.24, 2.45) is 5.92 Å². The molecule has 1 unspecified atom stereocenters. The van der Waals surface area contributed by atoms with Crippen LogP contribution in [0.5, 0.6) is 0 Å². The largest absolute Gasteiger partial charge is 0.383 e. The van der Waals surface area contributed by atoms with Gasteiger partial charge in [0.25, 0.3) is 5.56 Å².